The van der Waals surface area contributed by atoms with E-state index < -0.39 is 0 Å². The molecule has 1 unspecified atom stereocenters. The molecule has 0 aliphatic heterocycles. The van der Waals surface area contributed by atoms with Crippen LogP contribution in [0, 0.1) is 0 Å². The molecule has 0 radical (unpaired) electrons. The summed E-state index contributed by atoms with van der Waals surface area (Å²) in [7, 11) is 0. The molecule has 4 heteroatoms. The fourth-order valence-electron chi connectivity index (χ4n) is 1.32. The van der Waals surface area contributed by atoms with E-state index in [1.807, 2.05) is 25.3 Å². The second-order valence-electron chi connectivity index (χ2n) is 3.28. The van der Waals surface area contributed by atoms with Gasteiger partial charge in [-0.15, -0.1) is 11.8 Å². The van der Waals surface area contributed by atoms with Gasteiger partial charge in [-0.25, -0.2) is 0 Å². The summed E-state index contributed by atoms with van der Waals surface area (Å²) in [6.07, 6.45) is 2.70. The lowest BCUT2D eigenvalue weighted by molar-refractivity contribution is -0.142. The third-order valence-corrected chi connectivity index (χ3v) is 3.51. The molecule has 0 saturated heterocycles. The first kappa shape index (κ1) is 13.6. The predicted octanol–water partition coefficient (Wildman–Crippen LogP) is 3.28. The number of rotatable bonds is 5. The van der Waals surface area contributed by atoms with E-state index in [1.54, 1.807) is 11.8 Å². The van der Waals surface area contributed by atoms with Crippen LogP contribution in [-0.2, 0) is 16.0 Å². The van der Waals surface area contributed by atoms with Gasteiger partial charge in [-0.1, -0.05) is 28.1 Å². The van der Waals surface area contributed by atoms with Crippen LogP contribution in [0.25, 0.3) is 0 Å². The van der Waals surface area contributed by atoms with E-state index in [1.165, 1.54) is 4.90 Å². The Kier molecular flexibility index (Phi) is 5.91. The predicted molar refractivity (Wildman–Crippen MR) is 71.3 cm³/mol. The van der Waals surface area contributed by atoms with E-state index in [0.29, 0.717) is 13.0 Å². The fourth-order valence-corrected chi connectivity index (χ4v) is 2.31. The summed E-state index contributed by atoms with van der Waals surface area (Å²) < 4.78 is 4.94. The molecule has 0 aromatic heterocycles. The molecule has 0 aliphatic rings. The topological polar surface area (TPSA) is 26.3 Å². The van der Waals surface area contributed by atoms with Crippen molar-refractivity contribution in [1.29, 1.82) is 0 Å². The molecule has 0 amide bonds. The molecule has 1 aromatic carbocycles. The van der Waals surface area contributed by atoms with Crippen molar-refractivity contribution in [3.8, 4) is 0 Å². The Labute approximate surface area is 109 Å². The Balaban J connectivity index is 2.61. The molecule has 1 rings (SSSR count). The molecule has 0 fully saturated rings. The number of benzene rings is 1. The van der Waals surface area contributed by atoms with Crippen molar-refractivity contribution in [3.05, 3.63) is 29.8 Å². The first-order valence-electron chi connectivity index (χ1n) is 5.11. The number of hydrogen-bond acceptors (Lipinski definition) is 3. The van der Waals surface area contributed by atoms with Gasteiger partial charge < -0.3 is 4.74 Å². The molecule has 16 heavy (non-hydrogen) atoms. The number of halogens is 1. The summed E-state index contributed by atoms with van der Waals surface area (Å²) in [5.74, 6) is -0.197. The number of carbonyl (C=O) groups is 1. The van der Waals surface area contributed by atoms with Crippen LogP contribution in [-0.4, -0.2) is 23.7 Å². The van der Waals surface area contributed by atoms with Crippen LogP contribution in [0.3, 0.4) is 0 Å². The van der Waals surface area contributed by atoms with Crippen LogP contribution in [0.15, 0.2) is 29.2 Å². The van der Waals surface area contributed by atoms with Crippen molar-refractivity contribution in [2.45, 2.75) is 23.1 Å². The second-order valence-corrected chi connectivity index (χ2v) is 5.26. The molecular weight excluding hydrogens is 288 g/mol. The van der Waals surface area contributed by atoms with E-state index in [4.69, 9.17) is 4.74 Å². The number of esters is 1. The smallest absolute Gasteiger partial charge is 0.320 e. The molecule has 0 aliphatic carbocycles. The minimum absolute atomic E-state index is 0.197. The van der Waals surface area contributed by atoms with Gasteiger partial charge in [-0.3, -0.25) is 4.79 Å². The van der Waals surface area contributed by atoms with Crippen LogP contribution in [0.4, 0.5) is 0 Å². The maximum absolute atomic E-state index is 11.4. The van der Waals surface area contributed by atoms with Crippen LogP contribution in [0.2, 0.25) is 0 Å². The first-order chi connectivity index (χ1) is 7.67. The van der Waals surface area contributed by atoms with Gasteiger partial charge in [-0.2, -0.15) is 0 Å². The molecule has 2 nitrogen and oxygen atoms in total. The lowest BCUT2D eigenvalue weighted by atomic mass is 10.1. The van der Waals surface area contributed by atoms with E-state index in [0.717, 1.165) is 5.56 Å². The molecule has 1 atom stereocenters. The van der Waals surface area contributed by atoms with Crippen LogP contribution in [0.1, 0.15) is 12.5 Å². The lowest BCUT2D eigenvalue weighted by Gasteiger charge is -2.09. The normalized spacial score (nSPS) is 12.2. The van der Waals surface area contributed by atoms with Crippen molar-refractivity contribution in [3.63, 3.8) is 0 Å². The van der Waals surface area contributed by atoms with Crippen molar-refractivity contribution in [2.24, 2.45) is 0 Å². The molecule has 0 N–H and O–H groups in total. The number of carbonyl (C=O) groups excluding carboxylic acids is 1. The number of ether oxygens (including phenoxy) is 1. The average molecular weight is 303 g/mol. The Morgan fingerprint density at radius 1 is 1.56 bits per heavy atom. The standard InChI is InChI=1S/C12H15BrO2S/c1-3-15-12(14)11(13)8-9-5-4-6-10(7-9)16-2/h4-7,11H,3,8H2,1-2H3. The van der Waals surface area contributed by atoms with Crippen LogP contribution < -0.4 is 0 Å². The zero-order valence-electron chi connectivity index (χ0n) is 9.40. The maximum atomic E-state index is 11.4. The average Bonchev–Trinajstić information content (AvgIpc) is 2.29. The summed E-state index contributed by atoms with van der Waals surface area (Å²) in [6, 6.07) is 8.18. The SMILES string of the molecule is CCOC(=O)C(Br)Cc1cccc(SC)c1. The second kappa shape index (κ2) is 6.97. The summed E-state index contributed by atoms with van der Waals surface area (Å²) in [6.45, 7) is 2.23. The van der Waals surface area contributed by atoms with Gasteiger partial charge in [0.2, 0.25) is 0 Å². The largest absolute Gasteiger partial charge is 0.465 e. The number of hydrogen-bond donors (Lipinski definition) is 0. The number of alkyl halides is 1. The Bertz CT molecular complexity index is 355. The Morgan fingerprint density at radius 3 is 2.94 bits per heavy atom. The number of thioether (sulfide) groups is 1. The Hall–Kier alpha value is -0.480. The molecule has 1 aromatic rings. The highest BCUT2D eigenvalue weighted by Crippen LogP contribution is 2.18. The van der Waals surface area contributed by atoms with E-state index >= 15 is 0 Å². The van der Waals surface area contributed by atoms with E-state index in [9.17, 15) is 4.79 Å². The first-order valence-corrected chi connectivity index (χ1v) is 7.25. The minimum atomic E-state index is -0.260. The highest BCUT2D eigenvalue weighted by Gasteiger charge is 2.16. The van der Waals surface area contributed by atoms with Gasteiger partial charge in [0.25, 0.3) is 0 Å². The van der Waals surface area contributed by atoms with Gasteiger partial charge in [0, 0.05) is 4.90 Å². The molecule has 88 valence electrons. The van der Waals surface area contributed by atoms with Crippen molar-refractivity contribution in [1.82, 2.24) is 0 Å². The zero-order chi connectivity index (χ0) is 12.0. The van der Waals surface area contributed by atoms with Gasteiger partial charge in [0.15, 0.2) is 0 Å². The highest BCUT2D eigenvalue weighted by atomic mass is 79.9. The van der Waals surface area contributed by atoms with Gasteiger partial charge in [0.05, 0.1) is 6.61 Å². The van der Waals surface area contributed by atoms with Crippen molar-refractivity contribution < 1.29 is 9.53 Å². The third-order valence-electron chi connectivity index (χ3n) is 2.09. The van der Waals surface area contributed by atoms with Crippen LogP contribution in [0.5, 0.6) is 0 Å². The van der Waals surface area contributed by atoms with Crippen LogP contribution >= 0.6 is 27.7 Å². The van der Waals surface area contributed by atoms with Gasteiger partial charge in [-0.05, 0) is 37.3 Å². The summed E-state index contributed by atoms with van der Waals surface area (Å²) in [4.78, 5) is 12.4. The van der Waals surface area contributed by atoms with Crippen molar-refractivity contribution in [2.75, 3.05) is 12.9 Å². The highest BCUT2D eigenvalue weighted by molar-refractivity contribution is 9.10. The lowest BCUT2D eigenvalue weighted by Crippen LogP contribution is -2.19. The van der Waals surface area contributed by atoms with Gasteiger partial charge in [0.1, 0.15) is 4.83 Å². The maximum Gasteiger partial charge on any atom is 0.320 e. The summed E-state index contributed by atoms with van der Waals surface area (Å²) in [5, 5.41) is 0. The Morgan fingerprint density at radius 2 is 2.31 bits per heavy atom. The van der Waals surface area contributed by atoms with E-state index in [-0.39, 0.29) is 10.8 Å². The zero-order valence-corrected chi connectivity index (χ0v) is 11.8. The van der Waals surface area contributed by atoms with Crippen molar-refractivity contribution >= 4 is 33.7 Å². The fraction of sp³-hybridized carbons (Fsp3) is 0.417. The molecular formula is C12H15BrO2S. The third kappa shape index (κ3) is 4.18. The summed E-state index contributed by atoms with van der Waals surface area (Å²) >= 11 is 5.04. The molecule has 0 bridgehead atoms. The van der Waals surface area contributed by atoms with Gasteiger partial charge >= 0.3 is 5.97 Å². The van der Waals surface area contributed by atoms with E-state index in [2.05, 4.69) is 28.1 Å². The minimum Gasteiger partial charge on any atom is -0.465 e. The molecule has 0 heterocycles. The summed E-state index contributed by atoms with van der Waals surface area (Å²) in [5.41, 5.74) is 1.14. The molecule has 0 saturated carbocycles. The monoisotopic (exact) mass is 302 g/mol. The quantitative estimate of drug-likeness (QED) is 0.474. The molecule has 0 spiro atoms.